The number of aldehydes is 1. The fraction of sp³-hybridized carbons (Fsp3) is 0.833. The van der Waals surface area contributed by atoms with Crippen LogP contribution >= 0.6 is 0 Å². The Morgan fingerprint density at radius 3 is 2.56 bits per heavy atom. The molecule has 0 atom stereocenters. The first kappa shape index (κ1) is 13.2. The van der Waals surface area contributed by atoms with Crippen molar-refractivity contribution in [1.82, 2.24) is 10.6 Å². The van der Waals surface area contributed by atoms with Gasteiger partial charge in [-0.2, -0.15) is 0 Å². The van der Waals surface area contributed by atoms with Crippen molar-refractivity contribution in [3.05, 3.63) is 0 Å². The lowest BCUT2D eigenvalue weighted by atomic mass is 9.83. The predicted molar refractivity (Wildman–Crippen MR) is 63.1 cm³/mol. The summed E-state index contributed by atoms with van der Waals surface area (Å²) in [4.78, 5) is 21.6. The van der Waals surface area contributed by atoms with Crippen LogP contribution in [0.1, 0.15) is 38.5 Å². The highest BCUT2D eigenvalue weighted by molar-refractivity contribution is 5.78. The molecule has 0 unspecified atom stereocenters. The molecule has 0 heterocycles. The van der Waals surface area contributed by atoms with Crippen LogP contribution < -0.4 is 10.6 Å². The maximum atomic E-state index is 11.3. The quantitative estimate of drug-likeness (QED) is 0.660. The number of carbonyl (C=O) groups excluding carboxylic acids is 2. The fourth-order valence-corrected chi connectivity index (χ4v) is 2.34. The monoisotopic (exact) mass is 226 g/mol. The summed E-state index contributed by atoms with van der Waals surface area (Å²) >= 11 is 0. The van der Waals surface area contributed by atoms with Crippen LogP contribution in [-0.2, 0) is 9.59 Å². The third-order valence-corrected chi connectivity index (χ3v) is 3.24. The molecule has 0 aromatic carbocycles. The number of rotatable bonds is 6. The second-order valence-corrected chi connectivity index (χ2v) is 4.56. The van der Waals surface area contributed by atoms with Gasteiger partial charge in [0.2, 0.25) is 5.91 Å². The number of hydrogen-bond acceptors (Lipinski definition) is 3. The Bertz CT molecular complexity index is 223. The second kappa shape index (κ2) is 7.39. The summed E-state index contributed by atoms with van der Waals surface area (Å²) in [6.45, 7) is 0.394. The third-order valence-electron chi connectivity index (χ3n) is 3.24. The van der Waals surface area contributed by atoms with E-state index in [1.165, 1.54) is 0 Å². The average molecular weight is 226 g/mol. The number of amides is 1. The zero-order valence-corrected chi connectivity index (χ0v) is 10.00. The van der Waals surface area contributed by atoms with Crippen LogP contribution in [0.5, 0.6) is 0 Å². The maximum absolute atomic E-state index is 11.3. The van der Waals surface area contributed by atoms with Crippen molar-refractivity contribution in [2.45, 2.75) is 44.6 Å². The minimum absolute atomic E-state index is 0.0823. The normalized spacial score (nSPS) is 25.1. The molecule has 92 valence electrons. The molecule has 1 rings (SSSR count). The first-order chi connectivity index (χ1) is 7.76. The summed E-state index contributed by atoms with van der Waals surface area (Å²) in [5, 5.41) is 5.87. The van der Waals surface area contributed by atoms with Crippen LogP contribution in [0.25, 0.3) is 0 Å². The van der Waals surface area contributed by atoms with Gasteiger partial charge in [-0.3, -0.25) is 4.79 Å². The van der Waals surface area contributed by atoms with Gasteiger partial charge in [-0.25, -0.2) is 0 Å². The predicted octanol–water partition coefficient (Wildman–Crippen LogP) is 0.860. The number of carbonyl (C=O) groups is 2. The topological polar surface area (TPSA) is 58.2 Å². The molecule has 16 heavy (non-hydrogen) atoms. The van der Waals surface area contributed by atoms with Gasteiger partial charge in [-0.15, -0.1) is 0 Å². The van der Waals surface area contributed by atoms with E-state index in [0.717, 1.165) is 38.4 Å². The molecule has 4 heteroatoms. The van der Waals surface area contributed by atoms with E-state index in [4.69, 9.17) is 0 Å². The van der Waals surface area contributed by atoms with Gasteiger partial charge in [0.05, 0.1) is 6.54 Å². The van der Waals surface area contributed by atoms with Crippen molar-refractivity contribution >= 4 is 12.2 Å². The summed E-state index contributed by atoms with van der Waals surface area (Å²) in [7, 11) is 1.77. The molecule has 0 bridgehead atoms. The Hall–Kier alpha value is -0.900. The minimum atomic E-state index is 0.0823. The number of hydrogen-bond donors (Lipinski definition) is 2. The SMILES string of the molecule is CNCC(=O)N[C@H]1CC[C@H](CCC=O)CC1. The van der Waals surface area contributed by atoms with Crippen LogP contribution in [-0.4, -0.2) is 31.8 Å². The van der Waals surface area contributed by atoms with Gasteiger partial charge in [0.1, 0.15) is 6.29 Å². The highest BCUT2D eigenvalue weighted by atomic mass is 16.2. The maximum Gasteiger partial charge on any atom is 0.234 e. The summed E-state index contributed by atoms with van der Waals surface area (Å²) < 4.78 is 0. The lowest BCUT2D eigenvalue weighted by Crippen LogP contribution is -2.41. The van der Waals surface area contributed by atoms with E-state index in [9.17, 15) is 9.59 Å². The van der Waals surface area contributed by atoms with Crippen LogP contribution in [0.15, 0.2) is 0 Å². The van der Waals surface area contributed by atoms with Gasteiger partial charge >= 0.3 is 0 Å². The first-order valence-corrected chi connectivity index (χ1v) is 6.14. The highest BCUT2D eigenvalue weighted by Gasteiger charge is 2.21. The van der Waals surface area contributed by atoms with Crippen molar-refractivity contribution in [1.29, 1.82) is 0 Å². The van der Waals surface area contributed by atoms with E-state index in [1.807, 2.05) is 0 Å². The molecule has 2 N–H and O–H groups in total. The van der Waals surface area contributed by atoms with Crippen LogP contribution in [0, 0.1) is 5.92 Å². The lowest BCUT2D eigenvalue weighted by Gasteiger charge is -2.28. The molecule has 0 radical (unpaired) electrons. The smallest absolute Gasteiger partial charge is 0.234 e. The Labute approximate surface area is 97.2 Å². The summed E-state index contributed by atoms with van der Waals surface area (Å²) in [6, 6.07) is 0.341. The van der Waals surface area contributed by atoms with Crippen molar-refractivity contribution in [2.24, 2.45) is 5.92 Å². The van der Waals surface area contributed by atoms with Gasteiger partial charge in [-0.1, -0.05) is 0 Å². The van der Waals surface area contributed by atoms with Crippen LogP contribution in [0.2, 0.25) is 0 Å². The Kier molecular flexibility index (Phi) is 6.08. The molecule has 1 amide bonds. The largest absolute Gasteiger partial charge is 0.352 e. The summed E-state index contributed by atoms with van der Waals surface area (Å²) in [6.07, 6.45) is 7.08. The summed E-state index contributed by atoms with van der Waals surface area (Å²) in [5.41, 5.74) is 0. The van der Waals surface area contributed by atoms with Crippen LogP contribution in [0.4, 0.5) is 0 Å². The molecule has 0 aliphatic heterocycles. The van der Waals surface area contributed by atoms with E-state index >= 15 is 0 Å². The van der Waals surface area contributed by atoms with E-state index in [-0.39, 0.29) is 5.91 Å². The molecular formula is C12H22N2O2. The zero-order chi connectivity index (χ0) is 11.8. The third kappa shape index (κ3) is 4.75. The molecule has 0 spiro atoms. The molecule has 0 saturated heterocycles. The molecule has 1 saturated carbocycles. The van der Waals surface area contributed by atoms with E-state index in [0.29, 0.717) is 24.9 Å². The van der Waals surface area contributed by atoms with Crippen molar-refractivity contribution in [3.8, 4) is 0 Å². The average Bonchev–Trinajstić information content (AvgIpc) is 2.28. The van der Waals surface area contributed by atoms with E-state index in [1.54, 1.807) is 7.05 Å². The standard InChI is InChI=1S/C12H22N2O2/c1-13-9-12(16)14-11-6-4-10(5-7-11)3-2-8-15/h8,10-11,13H,2-7,9H2,1H3,(H,14,16)/t10-,11-. The molecule has 0 aromatic rings. The van der Waals surface area contributed by atoms with Crippen LogP contribution in [0.3, 0.4) is 0 Å². The molecular weight excluding hydrogens is 204 g/mol. The molecule has 1 aliphatic rings. The Balaban J connectivity index is 2.16. The summed E-state index contributed by atoms with van der Waals surface area (Å²) in [5.74, 6) is 0.765. The number of nitrogens with one attached hydrogen (secondary N) is 2. The Morgan fingerprint density at radius 2 is 2.00 bits per heavy atom. The van der Waals surface area contributed by atoms with Gasteiger partial charge in [0.15, 0.2) is 0 Å². The molecule has 0 aromatic heterocycles. The first-order valence-electron chi connectivity index (χ1n) is 6.14. The second-order valence-electron chi connectivity index (χ2n) is 4.56. The van der Waals surface area contributed by atoms with Gasteiger partial charge in [-0.05, 0) is 45.1 Å². The van der Waals surface area contributed by atoms with Gasteiger partial charge in [0.25, 0.3) is 0 Å². The lowest BCUT2D eigenvalue weighted by molar-refractivity contribution is -0.121. The van der Waals surface area contributed by atoms with Crippen molar-refractivity contribution in [2.75, 3.05) is 13.6 Å². The van der Waals surface area contributed by atoms with Crippen molar-refractivity contribution in [3.63, 3.8) is 0 Å². The van der Waals surface area contributed by atoms with E-state index < -0.39 is 0 Å². The molecule has 1 aliphatic carbocycles. The Morgan fingerprint density at radius 1 is 1.31 bits per heavy atom. The van der Waals surface area contributed by atoms with Crippen molar-refractivity contribution < 1.29 is 9.59 Å². The minimum Gasteiger partial charge on any atom is -0.352 e. The molecule has 1 fully saturated rings. The van der Waals surface area contributed by atoms with Gasteiger partial charge < -0.3 is 15.4 Å². The number of likely N-dealkylation sites (N-methyl/N-ethyl adjacent to an activating group) is 1. The van der Waals surface area contributed by atoms with Gasteiger partial charge in [0, 0.05) is 12.5 Å². The molecule has 4 nitrogen and oxygen atoms in total. The highest BCUT2D eigenvalue weighted by Crippen LogP contribution is 2.27. The van der Waals surface area contributed by atoms with E-state index in [2.05, 4.69) is 10.6 Å². The fourth-order valence-electron chi connectivity index (χ4n) is 2.34. The zero-order valence-electron chi connectivity index (χ0n) is 10.00.